The second-order valence-electron chi connectivity index (χ2n) is 18.3. The zero-order valence-corrected chi connectivity index (χ0v) is 37.1. The van der Waals surface area contributed by atoms with E-state index in [2.05, 4.69) is 187 Å². The van der Waals surface area contributed by atoms with E-state index in [1.165, 1.54) is 49.4 Å². The molecule has 0 bridgehead atoms. The number of rotatable bonds is 6. The SMILES string of the molecule is c1ccc(C[C@@H]2c3ccccc3-c3cc(-c4nc(-c5ccc6c(c5)oc5ccccc56)nc(-c5cc(-n6c7ccccc7c7cc8ccccc8cc76)cc6oc7ccccc7c56)n4)ccc32)cc1. The zero-order valence-electron chi connectivity index (χ0n) is 37.1. The van der Waals surface area contributed by atoms with Crippen LogP contribution in [0.15, 0.2) is 221 Å². The molecular weight excluding hydrogens is 845 g/mol. The first-order valence-electron chi connectivity index (χ1n) is 23.5. The number of hydrogen-bond donors (Lipinski definition) is 0. The van der Waals surface area contributed by atoms with Gasteiger partial charge in [-0.1, -0.05) is 152 Å². The second kappa shape index (κ2) is 14.7. The van der Waals surface area contributed by atoms with Crippen molar-refractivity contribution in [1.82, 2.24) is 19.5 Å². The summed E-state index contributed by atoms with van der Waals surface area (Å²) in [6, 6.07) is 75.3. The summed E-state index contributed by atoms with van der Waals surface area (Å²) >= 11 is 0. The van der Waals surface area contributed by atoms with Gasteiger partial charge in [0.25, 0.3) is 0 Å². The lowest BCUT2D eigenvalue weighted by molar-refractivity contribution is 0.668. The number of furan rings is 2. The van der Waals surface area contributed by atoms with Gasteiger partial charge >= 0.3 is 0 Å². The fourth-order valence-corrected chi connectivity index (χ4v) is 11.2. The van der Waals surface area contributed by atoms with Gasteiger partial charge in [0.05, 0.1) is 16.7 Å². The molecule has 0 unspecified atom stereocenters. The van der Waals surface area contributed by atoms with E-state index in [-0.39, 0.29) is 5.92 Å². The number of nitrogens with zero attached hydrogens (tertiary/aromatic N) is 4. The average Bonchev–Trinajstić information content (AvgIpc) is 4.15. The molecule has 10 aromatic carbocycles. The summed E-state index contributed by atoms with van der Waals surface area (Å²) in [6.45, 7) is 0. The molecule has 0 amide bonds. The first-order valence-corrected chi connectivity index (χ1v) is 23.5. The Bertz CT molecular complexity index is 4430. The van der Waals surface area contributed by atoms with Gasteiger partial charge < -0.3 is 13.4 Å². The first kappa shape index (κ1) is 38.0. The van der Waals surface area contributed by atoms with Crippen molar-refractivity contribution < 1.29 is 8.83 Å². The van der Waals surface area contributed by atoms with E-state index in [9.17, 15) is 0 Å². The van der Waals surface area contributed by atoms with Crippen LogP contribution in [0.2, 0.25) is 0 Å². The number of benzene rings is 10. The highest BCUT2D eigenvalue weighted by atomic mass is 16.3. The maximum absolute atomic E-state index is 6.79. The molecule has 14 aromatic rings. The van der Waals surface area contributed by atoms with Gasteiger partial charge in [0, 0.05) is 61.0 Å². The lowest BCUT2D eigenvalue weighted by Gasteiger charge is -2.15. The maximum Gasteiger partial charge on any atom is 0.164 e. The third kappa shape index (κ3) is 5.88. The van der Waals surface area contributed by atoms with E-state index in [0.717, 1.165) is 83.7 Å². The Morgan fingerprint density at radius 1 is 0.377 bits per heavy atom. The molecular formula is C63H38N4O2. The van der Waals surface area contributed by atoms with Gasteiger partial charge in [-0.2, -0.15) is 0 Å². The summed E-state index contributed by atoms with van der Waals surface area (Å²) in [5.41, 5.74) is 15.4. The van der Waals surface area contributed by atoms with Crippen LogP contribution in [0.5, 0.6) is 0 Å². The monoisotopic (exact) mass is 882 g/mol. The quantitative estimate of drug-likeness (QED) is 0.166. The standard InChI is InChI=1S/C63H38N4O2/c1-2-14-37(15-3-1)30-50-43-18-6-7-19-44(43)51-32-40(26-28-45(50)51)61-64-62(41-27-29-48-47-21-9-12-24-56(47)68-58(48)34-41)66-63(65-61)53-35-42(36-59-60(53)49-22-10-13-25-57(49)69-59)67-54-23-11-8-20-46(54)52-31-38-16-4-5-17-39(38)33-55(52)67/h1-29,31-36,50H,30H2/t50-/m1/s1. The Hall–Kier alpha value is -9.13. The van der Waals surface area contributed by atoms with Gasteiger partial charge in [-0.3, -0.25) is 0 Å². The molecule has 4 aromatic heterocycles. The van der Waals surface area contributed by atoms with Crippen molar-refractivity contribution in [2.45, 2.75) is 12.3 Å². The van der Waals surface area contributed by atoms with Gasteiger partial charge in [-0.15, -0.1) is 0 Å². The van der Waals surface area contributed by atoms with Gasteiger partial charge in [-0.25, -0.2) is 15.0 Å². The fraction of sp³-hybridized carbons (Fsp3) is 0.0317. The molecule has 1 atom stereocenters. The van der Waals surface area contributed by atoms with Crippen LogP contribution < -0.4 is 0 Å². The third-order valence-corrected chi connectivity index (χ3v) is 14.4. The molecule has 1 aliphatic rings. The number of para-hydroxylation sites is 3. The largest absolute Gasteiger partial charge is 0.456 e. The highest BCUT2D eigenvalue weighted by Crippen LogP contribution is 2.48. The molecule has 0 saturated carbocycles. The summed E-state index contributed by atoms with van der Waals surface area (Å²) in [4.78, 5) is 16.3. The lowest BCUT2D eigenvalue weighted by atomic mass is 9.90. The van der Waals surface area contributed by atoms with Gasteiger partial charge in [0.2, 0.25) is 0 Å². The minimum atomic E-state index is 0.233. The van der Waals surface area contributed by atoms with Gasteiger partial charge in [0.1, 0.15) is 22.3 Å². The molecule has 0 saturated heterocycles. The highest BCUT2D eigenvalue weighted by Gasteiger charge is 2.30. The Morgan fingerprint density at radius 3 is 1.86 bits per heavy atom. The van der Waals surface area contributed by atoms with Crippen LogP contribution in [-0.2, 0) is 6.42 Å². The molecule has 4 heterocycles. The van der Waals surface area contributed by atoms with Crippen molar-refractivity contribution in [3.8, 4) is 51.0 Å². The number of aromatic nitrogens is 4. The van der Waals surface area contributed by atoms with E-state index in [4.69, 9.17) is 23.8 Å². The van der Waals surface area contributed by atoms with Crippen molar-refractivity contribution in [1.29, 1.82) is 0 Å². The lowest BCUT2D eigenvalue weighted by Crippen LogP contribution is -2.03. The molecule has 69 heavy (non-hydrogen) atoms. The minimum Gasteiger partial charge on any atom is -0.456 e. The van der Waals surface area contributed by atoms with Gasteiger partial charge in [-0.05, 0) is 99.6 Å². The molecule has 6 nitrogen and oxygen atoms in total. The van der Waals surface area contributed by atoms with E-state index < -0.39 is 0 Å². The molecule has 0 N–H and O–H groups in total. The van der Waals surface area contributed by atoms with E-state index in [0.29, 0.717) is 17.5 Å². The van der Waals surface area contributed by atoms with E-state index in [1.807, 2.05) is 30.3 Å². The van der Waals surface area contributed by atoms with Crippen molar-refractivity contribution >= 4 is 76.5 Å². The Labute approximate surface area is 395 Å². The Balaban J connectivity index is 0.986. The van der Waals surface area contributed by atoms with E-state index in [1.54, 1.807) is 0 Å². The van der Waals surface area contributed by atoms with Crippen molar-refractivity contribution in [2.24, 2.45) is 0 Å². The summed E-state index contributed by atoms with van der Waals surface area (Å²) in [5.74, 6) is 1.92. The first-order chi connectivity index (χ1) is 34.2. The van der Waals surface area contributed by atoms with Crippen molar-refractivity contribution in [2.75, 3.05) is 0 Å². The zero-order chi connectivity index (χ0) is 45.2. The Kier molecular flexibility index (Phi) is 8.09. The molecule has 15 rings (SSSR count). The fourth-order valence-electron chi connectivity index (χ4n) is 11.2. The van der Waals surface area contributed by atoms with Crippen LogP contribution in [0.4, 0.5) is 0 Å². The summed E-state index contributed by atoms with van der Waals surface area (Å²) in [7, 11) is 0. The smallest absolute Gasteiger partial charge is 0.164 e. The average molecular weight is 883 g/mol. The molecule has 0 spiro atoms. The summed E-state index contributed by atoms with van der Waals surface area (Å²) < 4.78 is 15.6. The summed E-state index contributed by atoms with van der Waals surface area (Å²) in [6.07, 6.45) is 0.918. The Morgan fingerprint density at radius 2 is 1.00 bits per heavy atom. The predicted octanol–water partition coefficient (Wildman–Crippen LogP) is 16.3. The normalized spacial score (nSPS) is 13.4. The highest BCUT2D eigenvalue weighted by molar-refractivity contribution is 6.16. The molecule has 0 radical (unpaired) electrons. The van der Waals surface area contributed by atoms with Crippen molar-refractivity contribution in [3.05, 3.63) is 229 Å². The predicted molar refractivity (Wildman–Crippen MR) is 280 cm³/mol. The molecule has 0 aliphatic heterocycles. The summed E-state index contributed by atoms with van der Waals surface area (Å²) in [5, 5.41) is 8.80. The van der Waals surface area contributed by atoms with Crippen LogP contribution in [0.3, 0.4) is 0 Å². The van der Waals surface area contributed by atoms with E-state index >= 15 is 0 Å². The third-order valence-electron chi connectivity index (χ3n) is 14.4. The van der Waals surface area contributed by atoms with Crippen LogP contribution in [0, 0.1) is 0 Å². The van der Waals surface area contributed by atoms with Crippen LogP contribution >= 0.6 is 0 Å². The minimum absolute atomic E-state index is 0.233. The maximum atomic E-state index is 6.79. The topological polar surface area (TPSA) is 69.9 Å². The van der Waals surface area contributed by atoms with Gasteiger partial charge in [0.15, 0.2) is 17.5 Å². The van der Waals surface area contributed by atoms with Crippen molar-refractivity contribution in [3.63, 3.8) is 0 Å². The molecule has 0 fully saturated rings. The van der Waals surface area contributed by atoms with Crippen LogP contribution in [0.1, 0.15) is 22.6 Å². The molecule has 6 heteroatoms. The number of hydrogen-bond acceptors (Lipinski definition) is 5. The van der Waals surface area contributed by atoms with Crippen LogP contribution in [0.25, 0.3) is 127 Å². The van der Waals surface area contributed by atoms with Crippen LogP contribution in [-0.4, -0.2) is 19.5 Å². The molecule has 322 valence electrons. The number of fused-ring (bicyclic) bond motifs is 13. The molecule has 1 aliphatic carbocycles. The second-order valence-corrected chi connectivity index (χ2v) is 18.3.